The van der Waals surface area contributed by atoms with Gasteiger partial charge in [0.05, 0.1) is 11.1 Å². The summed E-state index contributed by atoms with van der Waals surface area (Å²) in [5, 5.41) is 6.00. The molecule has 1 amide bonds. The lowest BCUT2D eigenvalue weighted by Crippen LogP contribution is -2.37. The number of hydrogen-bond acceptors (Lipinski definition) is 5. The summed E-state index contributed by atoms with van der Waals surface area (Å²) in [4.78, 5) is 12.2. The van der Waals surface area contributed by atoms with Crippen LogP contribution in [0, 0.1) is 0 Å². The highest BCUT2D eigenvalue weighted by Gasteiger charge is 2.30. The quantitative estimate of drug-likeness (QED) is 0.793. The number of benzene rings is 1. The van der Waals surface area contributed by atoms with E-state index >= 15 is 0 Å². The molecule has 2 heterocycles. The Kier molecular flexibility index (Phi) is 6.81. The Balaban J connectivity index is 0.00000208. The molecule has 2 aliphatic heterocycles. The highest BCUT2D eigenvalue weighted by atomic mass is 35.5. The molecule has 24 heavy (non-hydrogen) atoms. The van der Waals surface area contributed by atoms with Crippen molar-refractivity contribution < 1.29 is 13.2 Å². The normalized spacial score (nSPS) is 21.5. The van der Waals surface area contributed by atoms with Gasteiger partial charge >= 0.3 is 0 Å². The van der Waals surface area contributed by atoms with Gasteiger partial charge in [-0.05, 0) is 31.0 Å². The van der Waals surface area contributed by atoms with Gasteiger partial charge in [-0.25, -0.2) is 8.42 Å². The monoisotopic (exact) mass is 411 g/mol. The van der Waals surface area contributed by atoms with E-state index in [1.807, 2.05) is 0 Å². The van der Waals surface area contributed by atoms with E-state index in [0.717, 1.165) is 18.7 Å². The van der Waals surface area contributed by atoms with Gasteiger partial charge < -0.3 is 5.32 Å². The first-order valence-corrected chi connectivity index (χ1v) is 10.4. The second kappa shape index (κ2) is 8.25. The van der Waals surface area contributed by atoms with Crippen molar-refractivity contribution in [3.63, 3.8) is 0 Å². The number of carbonyl (C=O) groups excluding carboxylic acids is 1. The van der Waals surface area contributed by atoms with Crippen LogP contribution in [0.25, 0.3) is 0 Å². The van der Waals surface area contributed by atoms with Gasteiger partial charge in [-0.3, -0.25) is 10.1 Å². The van der Waals surface area contributed by atoms with Gasteiger partial charge in [0, 0.05) is 30.4 Å². The van der Waals surface area contributed by atoms with Crippen molar-refractivity contribution in [2.24, 2.45) is 0 Å². The number of nitrogens with one attached hydrogen (secondary N) is 2. The third kappa shape index (κ3) is 4.17. The van der Waals surface area contributed by atoms with Gasteiger partial charge in [-0.2, -0.15) is 4.31 Å². The van der Waals surface area contributed by atoms with E-state index in [9.17, 15) is 13.2 Å². The largest absolute Gasteiger partial charge is 0.325 e. The summed E-state index contributed by atoms with van der Waals surface area (Å²) in [5.41, 5.74) is 0.441. The Morgan fingerprint density at radius 3 is 2.67 bits per heavy atom. The number of rotatable bonds is 4. The van der Waals surface area contributed by atoms with E-state index in [0.29, 0.717) is 24.5 Å². The number of thioether (sulfide) groups is 1. The van der Waals surface area contributed by atoms with Crippen LogP contribution in [0.1, 0.15) is 12.8 Å². The van der Waals surface area contributed by atoms with Crippen LogP contribution in [-0.2, 0) is 14.8 Å². The van der Waals surface area contributed by atoms with E-state index in [-0.39, 0.29) is 34.3 Å². The second-order valence-corrected chi connectivity index (χ2v) is 8.86. The number of amides is 1. The van der Waals surface area contributed by atoms with Crippen LogP contribution < -0.4 is 10.6 Å². The maximum absolute atomic E-state index is 12.7. The molecule has 1 atom stereocenters. The Morgan fingerprint density at radius 2 is 2.04 bits per heavy atom. The van der Waals surface area contributed by atoms with Crippen molar-refractivity contribution in [3.05, 3.63) is 23.2 Å². The molecule has 2 aliphatic rings. The smallest absolute Gasteiger partial charge is 0.244 e. The van der Waals surface area contributed by atoms with Gasteiger partial charge in [-0.15, -0.1) is 24.2 Å². The summed E-state index contributed by atoms with van der Waals surface area (Å²) in [6, 6.07) is 4.31. The second-order valence-electron chi connectivity index (χ2n) is 5.52. The van der Waals surface area contributed by atoms with E-state index in [1.165, 1.54) is 16.4 Å². The van der Waals surface area contributed by atoms with Crippen LogP contribution in [0.2, 0.25) is 5.02 Å². The number of halogens is 2. The van der Waals surface area contributed by atoms with Crippen molar-refractivity contribution in [3.8, 4) is 0 Å². The van der Waals surface area contributed by atoms with Crippen LogP contribution in [0.3, 0.4) is 0 Å². The number of anilines is 1. The van der Waals surface area contributed by atoms with Crippen molar-refractivity contribution in [1.29, 1.82) is 0 Å². The van der Waals surface area contributed by atoms with Crippen LogP contribution >= 0.6 is 35.8 Å². The van der Waals surface area contributed by atoms with Crippen LogP contribution in [-0.4, -0.2) is 49.4 Å². The minimum Gasteiger partial charge on any atom is -0.325 e. The molecule has 3 rings (SSSR count). The first-order chi connectivity index (χ1) is 11.0. The molecule has 0 aliphatic carbocycles. The van der Waals surface area contributed by atoms with Crippen LogP contribution in [0.15, 0.2) is 23.1 Å². The Morgan fingerprint density at radius 1 is 1.33 bits per heavy atom. The van der Waals surface area contributed by atoms with E-state index < -0.39 is 10.0 Å². The fourth-order valence-electron chi connectivity index (χ4n) is 2.64. The molecule has 0 spiro atoms. The first kappa shape index (κ1) is 19.8. The zero-order valence-corrected chi connectivity index (χ0v) is 16.0. The predicted octanol–water partition coefficient (Wildman–Crippen LogP) is 2.15. The SMILES string of the molecule is Cl.O=C(Nc1ccc(Cl)c(S(=O)(=O)N2CCCC2)c1)C1CSCN1. The summed E-state index contributed by atoms with van der Waals surface area (Å²) < 4.78 is 26.8. The Bertz CT molecular complexity index is 703. The molecule has 1 aromatic rings. The predicted molar refractivity (Wildman–Crippen MR) is 99.6 cm³/mol. The molecule has 134 valence electrons. The average molecular weight is 412 g/mol. The van der Waals surface area contributed by atoms with E-state index in [2.05, 4.69) is 10.6 Å². The molecular formula is C14H19Cl2N3O3S2. The third-order valence-electron chi connectivity index (χ3n) is 3.91. The summed E-state index contributed by atoms with van der Waals surface area (Å²) in [6.45, 7) is 1.02. The fourth-order valence-corrected chi connectivity index (χ4v) is 5.60. The van der Waals surface area contributed by atoms with Gasteiger partial charge in [-0.1, -0.05) is 11.6 Å². The molecule has 1 aromatic carbocycles. The highest BCUT2D eigenvalue weighted by molar-refractivity contribution is 7.99. The number of nitrogens with zero attached hydrogens (tertiary/aromatic N) is 1. The molecule has 2 saturated heterocycles. The lowest BCUT2D eigenvalue weighted by Gasteiger charge is -2.18. The summed E-state index contributed by atoms with van der Waals surface area (Å²) in [6.07, 6.45) is 1.72. The highest BCUT2D eigenvalue weighted by Crippen LogP contribution is 2.29. The third-order valence-corrected chi connectivity index (χ3v) is 7.23. The minimum atomic E-state index is -3.62. The maximum atomic E-state index is 12.7. The topological polar surface area (TPSA) is 78.5 Å². The Labute approximate surface area is 157 Å². The molecular weight excluding hydrogens is 393 g/mol. The molecule has 0 radical (unpaired) electrons. The van der Waals surface area contributed by atoms with Crippen molar-refractivity contribution >= 4 is 57.4 Å². The fraction of sp³-hybridized carbons (Fsp3) is 0.500. The molecule has 6 nitrogen and oxygen atoms in total. The van der Waals surface area contributed by atoms with Crippen LogP contribution in [0.5, 0.6) is 0 Å². The lowest BCUT2D eigenvalue weighted by molar-refractivity contribution is -0.117. The molecule has 2 fully saturated rings. The van der Waals surface area contributed by atoms with Gasteiger partial charge in [0.25, 0.3) is 0 Å². The van der Waals surface area contributed by atoms with Gasteiger partial charge in [0.1, 0.15) is 4.90 Å². The lowest BCUT2D eigenvalue weighted by atomic mass is 10.2. The molecule has 0 aromatic heterocycles. The van der Waals surface area contributed by atoms with Gasteiger partial charge in [0.15, 0.2) is 0 Å². The zero-order chi connectivity index (χ0) is 16.4. The maximum Gasteiger partial charge on any atom is 0.244 e. The number of sulfonamides is 1. The van der Waals surface area contributed by atoms with Crippen molar-refractivity contribution in [1.82, 2.24) is 9.62 Å². The molecule has 0 saturated carbocycles. The summed E-state index contributed by atoms with van der Waals surface area (Å²) >= 11 is 7.74. The molecule has 10 heteroatoms. The number of hydrogen-bond donors (Lipinski definition) is 2. The summed E-state index contributed by atoms with van der Waals surface area (Å²) in [7, 11) is -3.62. The standard InChI is InChI=1S/C14H18ClN3O3S2.ClH/c15-11-4-3-10(17-14(19)12-8-22-9-16-12)7-13(11)23(20,21)18-5-1-2-6-18;/h3-4,7,12,16H,1-2,5-6,8-9H2,(H,17,19);1H. The van der Waals surface area contributed by atoms with Crippen molar-refractivity contribution in [2.75, 3.05) is 30.0 Å². The van der Waals surface area contributed by atoms with E-state index in [1.54, 1.807) is 17.8 Å². The average Bonchev–Trinajstić information content (AvgIpc) is 3.22. The van der Waals surface area contributed by atoms with Crippen molar-refractivity contribution in [2.45, 2.75) is 23.8 Å². The Hall–Kier alpha value is -0.510. The zero-order valence-electron chi connectivity index (χ0n) is 12.8. The number of carbonyl (C=O) groups is 1. The summed E-state index contributed by atoms with van der Waals surface area (Å²) in [5.74, 6) is 1.29. The molecule has 0 bridgehead atoms. The molecule has 2 N–H and O–H groups in total. The van der Waals surface area contributed by atoms with Gasteiger partial charge in [0.2, 0.25) is 15.9 Å². The van der Waals surface area contributed by atoms with E-state index in [4.69, 9.17) is 11.6 Å². The van der Waals surface area contributed by atoms with Crippen LogP contribution in [0.4, 0.5) is 5.69 Å². The molecule has 1 unspecified atom stereocenters. The first-order valence-electron chi connectivity index (χ1n) is 7.40. The minimum absolute atomic E-state index is 0.